The minimum atomic E-state index is -0.565. The average Bonchev–Trinajstić information content (AvgIpc) is 2.40. The molecule has 1 heterocycles. The Morgan fingerprint density at radius 1 is 1.90 bits per heavy atom. The smallest absolute Gasteiger partial charge is 0.292 e. The van der Waals surface area contributed by atoms with Gasteiger partial charge >= 0.3 is 0 Å². The van der Waals surface area contributed by atoms with Crippen molar-refractivity contribution in [3.63, 3.8) is 0 Å². The summed E-state index contributed by atoms with van der Waals surface area (Å²) in [6.45, 7) is 1.81. The van der Waals surface area contributed by atoms with Gasteiger partial charge in [-0.15, -0.1) is 0 Å². The van der Waals surface area contributed by atoms with E-state index in [1.54, 1.807) is 0 Å². The van der Waals surface area contributed by atoms with Crippen LogP contribution in [0.5, 0.6) is 0 Å². The molecule has 1 N–H and O–H groups in total. The number of hydrogen-bond donors (Lipinski definition) is 1. The molecule has 10 heavy (non-hydrogen) atoms. The summed E-state index contributed by atoms with van der Waals surface area (Å²) >= 11 is 0. The highest BCUT2D eigenvalue weighted by atomic mass is 19.1. The molecule has 0 spiro atoms. The largest absolute Gasteiger partial charge is 0.471 e. The molecule has 0 saturated carbocycles. The van der Waals surface area contributed by atoms with Gasteiger partial charge in [0.25, 0.3) is 6.47 Å². The van der Waals surface area contributed by atoms with E-state index in [-0.39, 0.29) is 1.43 Å². The minimum Gasteiger partial charge on any atom is -0.471 e. The van der Waals surface area contributed by atoms with Crippen LogP contribution in [0.1, 0.15) is 7.85 Å². The van der Waals surface area contributed by atoms with Crippen molar-refractivity contribution < 1.29 is 15.3 Å². The first-order valence-electron chi connectivity index (χ1n) is 3.12. The summed E-state index contributed by atoms with van der Waals surface area (Å²) in [6, 6.07) is 0. The van der Waals surface area contributed by atoms with E-state index in [1.165, 1.54) is 7.11 Å². The van der Waals surface area contributed by atoms with E-state index in [0.717, 1.165) is 6.54 Å². The van der Waals surface area contributed by atoms with Crippen LogP contribution in [0.25, 0.3) is 0 Å². The van der Waals surface area contributed by atoms with Crippen molar-refractivity contribution in [1.29, 1.82) is 0 Å². The number of ether oxygens (including phenoxy) is 1. The summed E-state index contributed by atoms with van der Waals surface area (Å²) < 4.78 is 15.7. The molecule has 62 valence electrons. The van der Waals surface area contributed by atoms with Crippen molar-refractivity contribution in [3.8, 4) is 0 Å². The zero-order valence-electron chi connectivity index (χ0n) is 5.97. The van der Waals surface area contributed by atoms with Crippen molar-refractivity contribution in [2.45, 2.75) is 12.6 Å². The predicted octanol–water partition coefficient (Wildman–Crippen LogP) is 0.353. The fourth-order valence-electron chi connectivity index (χ4n) is 0.619. The molecule has 4 heteroatoms. The number of hydrogen-bond acceptors (Lipinski definition) is 3. The van der Waals surface area contributed by atoms with Crippen LogP contribution in [0.4, 0.5) is 4.39 Å². The van der Waals surface area contributed by atoms with E-state index < -0.39 is 6.17 Å². The lowest BCUT2D eigenvalue weighted by Gasteiger charge is -1.86. The number of nitrogens with one attached hydrogen (secondary N) is 1. The molecule has 1 aliphatic heterocycles. The van der Waals surface area contributed by atoms with E-state index in [1.807, 2.05) is 0 Å². The fourth-order valence-corrected chi connectivity index (χ4v) is 0.619. The van der Waals surface area contributed by atoms with Crippen LogP contribution in [0.2, 0.25) is 0 Å². The molecule has 1 fully saturated rings. The van der Waals surface area contributed by atoms with Crippen molar-refractivity contribution >= 4 is 6.47 Å². The summed E-state index contributed by atoms with van der Waals surface area (Å²) in [4.78, 5) is 8.95. The second-order valence-corrected chi connectivity index (χ2v) is 1.92. The first kappa shape index (κ1) is 9.36. The Morgan fingerprint density at radius 3 is 2.60 bits per heavy atom. The molecule has 0 aromatic carbocycles. The van der Waals surface area contributed by atoms with E-state index in [0.29, 0.717) is 19.4 Å². The second-order valence-electron chi connectivity index (χ2n) is 1.92. The Labute approximate surface area is 61.0 Å². The highest BCUT2D eigenvalue weighted by Crippen LogP contribution is 1.99. The van der Waals surface area contributed by atoms with Gasteiger partial charge in [-0.3, -0.25) is 4.79 Å². The first-order valence-corrected chi connectivity index (χ1v) is 3.12. The van der Waals surface area contributed by atoms with E-state index >= 15 is 0 Å². The first-order chi connectivity index (χ1) is 4.81. The second kappa shape index (κ2) is 6.48. The molecule has 3 nitrogen and oxygen atoms in total. The van der Waals surface area contributed by atoms with Crippen molar-refractivity contribution in [3.05, 3.63) is 0 Å². The maximum Gasteiger partial charge on any atom is 0.292 e. The fraction of sp³-hybridized carbons (Fsp3) is 0.833. The highest BCUT2D eigenvalue weighted by molar-refractivity contribution is 5.36. The van der Waals surface area contributed by atoms with E-state index in [9.17, 15) is 4.39 Å². The zero-order chi connectivity index (χ0) is 7.82. The number of carbonyl (C=O) groups excluding carboxylic acids is 1. The third kappa shape index (κ3) is 5.50. The lowest BCUT2D eigenvalue weighted by molar-refractivity contribution is -0.126. The maximum absolute atomic E-state index is 11.9. The summed E-state index contributed by atoms with van der Waals surface area (Å²) in [7, 11) is 1.31. The van der Waals surface area contributed by atoms with Crippen LogP contribution in [0.15, 0.2) is 0 Å². The third-order valence-corrected chi connectivity index (χ3v) is 1.10. The Bertz CT molecular complexity index is 88.7. The summed E-state index contributed by atoms with van der Waals surface area (Å²) in [5, 5.41) is 2.90. The molecule has 0 radical (unpaired) electrons. The monoisotopic (exact) mass is 151 g/mol. The van der Waals surface area contributed by atoms with Gasteiger partial charge in [-0.1, -0.05) is 0 Å². The standard InChI is InChI=1S/C4H8FN.C2H4O2.H2/c5-4-1-2-6-3-4;1-4-2-3;/h4,6H,1-3H2;2H,1H3;1H/t4-;;/m1../s1. The molecule has 1 rings (SSSR count). The van der Waals surface area contributed by atoms with Gasteiger partial charge in [0.1, 0.15) is 6.17 Å². The van der Waals surface area contributed by atoms with Gasteiger partial charge in [-0.2, -0.15) is 0 Å². The van der Waals surface area contributed by atoms with Gasteiger partial charge in [-0.25, -0.2) is 4.39 Å². The van der Waals surface area contributed by atoms with Gasteiger partial charge in [0, 0.05) is 7.97 Å². The normalized spacial score (nSPS) is 22.8. The highest BCUT2D eigenvalue weighted by Gasteiger charge is 2.10. The van der Waals surface area contributed by atoms with E-state index in [2.05, 4.69) is 10.1 Å². The molecule has 0 bridgehead atoms. The van der Waals surface area contributed by atoms with Crippen LogP contribution in [0, 0.1) is 0 Å². The molecule has 0 amide bonds. The number of halogens is 1. The van der Waals surface area contributed by atoms with Crippen molar-refractivity contribution in [1.82, 2.24) is 5.32 Å². The molecule has 1 aliphatic rings. The van der Waals surface area contributed by atoms with Gasteiger partial charge in [0.2, 0.25) is 0 Å². The van der Waals surface area contributed by atoms with Crippen LogP contribution >= 0.6 is 0 Å². The summed E-state index contributed by atoms with van der Waals surface area (Å²) in [6.07, 6.45) is 0.144. The van der Waals surface area contributed by atoms with E-state index in [4.69, 9.17) is 4.79 Å². The van der Waals surface area contributed by atoms with Gasteiger partial charge in [-0.05, 0) is 13.0 Å². The van der Waals surface area contributed by atoms with Crippen molar-refractivity contribution in [2.75, 3.05) is 20.2 Å². The van der Waals surface area contributed by atoms with Crippen LogP contribution in [0.3, 0.4) is 0 Å². The summed E-state index contributed by atoms with van der Waals surface area (Å²) in [5.74, 6) is 0. The molecule has 0 unspecified atom stereocenters. The molecule has 0 aliphatic carbocycles. The predicted molar refractivity (Wildman–Crippen MR) is 37.6 cm³/mol. The number of methoxy groups -OCH3 is 1. The molecular formula is C6H14FNO2. The molecule has 1 atom stereocenters. The Hall–Kier alpha value is -0.640. The van der Waals surface area contributed by atoms with Gasteiger partial charge < -0.3 is 10.1 Å². The SMILES string of the molecule is COC=O.F[C@@H]1CCNC1.[HH]. The molecular weight excluding hydrogens is 137 g/mol. The third-order valence-electron chi connectivity index (χ3n) is 1.10. The molecule has 1 saturated heterocycles. The number of carbonyl (C=O) groups is 1. The number of rotatable bonds is 1. The van der Waals surface area contributed by atoms with Crippen LogP contribution in [-0.2, 0) is 9.53 Å². The summed E-state index contributed by atoms with van der Waals surface area (Å²) in [5.41, 5.74) is 0. The molecule has 0 aromatic heterocycles. The van der Waals surface area contributed by atoms with Crippen molar-refractivity contribution in [2.24, 2.45) is 0 Å². The lowest BCUT2D eigenvalue weighted by atomic mass is 10.4. The van der Waals surface area contributed by atoms with Gasteiger partial charge in [0.05, 0.1) is 7.11 Å². The molecule has 0 aromatic rings. The maximum atomic E-state index is 11.9. The minimum absolute atomic E-state index is 0. The quantitative estimate of drug-likeness (QED) is 0.550. The lowest BCUT2D eigenvalue weighted by Crippen LogP contribution is -2.08. The zero-order valence-corrected chi connectivity index (χ0v) is 5.97. The van der Waals surface area contributed by atoms with Crippen LogP contribution in [-0.4, -0.2) is 32.8 Å². The average molecular weight is 151 g/mol. The Balaban J connectivity index is 0. The topological polar surface area (TPSA) is 38.3 Å². The van der Waals surface area contributed by atoms with Gasteiger partial charge in [0.15, 0.2) is 0 Å². The van der Waals surface area contributed by atoms with Crippen LogP contribution < -0.4 is 5.32 Å². The number of alkyl halides is 1. The Morgan fingerprint density at radius 2 is 2.50 bits per heavy atom. The Kier molecular flexibility index (Phi) is 6.06.